The maximum atomic E-state index is 13.1. The molecule has 2 aromatic carbocycles. The molecule has 0 atom stereocenters. The van der Waals surface area contributed by atoms with Crippen LogP contribution in [-0.4, -0.2) is 32.8 Å². The Hall–Kier alpha value is -4.15. The highest BCUT2D eigenvalue weighted by Gasteiger charge is 2.33. The summed E-state index contributed by atoms with van der Waals surface area (Å²) < 4.78 is 45.9. The molecule has 0 spiro atoms. The molecule has 32 heavy (non-hydrogen) atoms. The van der Waals surface area contributed by atoms with E-state index in [2.05, 4.69) is 20.6 Å². The van der Waals surface area contributed by atoms with Gasteiger partial charge in [-0.2, -0.15) is 13.2 Å². The zero-order valence-electron chi connectivity index (χ0n) is 16.6. The van der Waals surface area contributed by atoms with Gasteiger partial charge < -0.3 is 15.0 Å². The van der Waals surface area contributed by atoms with Crippen molar-refractivity contribution < 1.29 is 22.7 Å². The van der Waals surface area contributed by atoms with E-state index in [4.69, 9.17) is 4.74 Å². The predicted molar refractivity (Wildman–Crippen MR) is 108 cm³/mol. The fraction of sp³-hybridized carbons (Fsp3) is 0.143. The summed E-state index contributed by atoms with van der Waals surface area (Å²) in [6.45, 7) is -0.398. The Morgan fingerprint density at radius 1 is 1.16 bits per heavy atom. The summed E-state index contributed by atoms with van der Waals surface area (Å²) in [5.74, 6) is -0.309. The molecule has 0 saturated heterocycles. The van der Waals surface area contributed by atoms with Crippen LogP contribution in [0, 0.1) is 0 Å². The number of carbonyl (C=O) groups excluding carboxylic acids is 1. The van der Waals surface area contributed by atoms with Crippen LogP contribution in [0.5, 0.6) is 5.75 Å². The topological polar surface area (TPSA) is 101 Å². The van der Waals surface area contributed by atoms with Crippen molar-refractivity contribution in [3.63, 3.8) is 0 Å². The van der Waals surface area contributed by atoms with Crippen molar-refractivity contribution in [3.8, 4) is 17.0 Å². The lowest BCUT2D eigenvalue weighted by atomic mass is 10.1. The zero-order valence-corrected chi connectivity index (χ0v) is 16.6. The number of hydrogen-bond donors (Lipinski definition) is 2. The van der Waals surface area contributed by atoms with Gasteiger partial charge in [-0.15, -0.1) is 5.10 Å². The Morgan fingerprint density at radius 3 is 2.62 bits per heavy atom. The summed E-state index contributed by atoms with van der Waals surface area (Å²) in [4.78, 5) is 27.9. The average molecular weight is 443 g/mol. The minimum atomic E-state index is -4.56. The summed E-state index contributed by atoms with van der Waals surface area (Å²) in [5.41, 5.74) is -1.06. The molecule has 8 nitrogen and oxygen atoms in total. The van der Waals surface area contributed by atoms with Gasteiger partial charge in [-0.1, -0.05) is 35.5 Å². The van der Waals surface area contributed by atoms with Crippen LogP contribution in [0.3, 0.4) is 0 Å². The lowest BCUT2D eigenvalue weighted by Crippen LogP contribution is -2.26. The number of alkyl halides is 3. The van der Waals surface area contributed by atoms with E-state index in [-0.39, 0.29) is 16.8 Å². The van der Waals surface area contributed by atoms with Crippen molar-refractivity contribution in [2.75, 3.05) is 7.11 Å². The van der Waals surface area contributed by atoms with Crippen LogP contribution in [-0.2, 0) is 12.7 Å². The number of H-pyrrole nitrogens is 1. The molecular formula is C21H16F3N5O3. The number of amides is 1. The van der Waals surface area contributed by atoms with E-state index >= 15 is 0 Å². The normalized spacial score (nSPS) is 11.5. The number of halogens is 3. The quantitative estimate of drug-likeness (QED) is 0.494. The maximum Gasteiger partial charge on any atom is 0.416 e. The molecule has 0 radical (unpaired) electrons. The highest BCUT2D eigenvalue weighted by molar-refractivity contribution is 5.98. The SMILES string of the molecule is COc1ccccc1-c1cn2nnc(C(=O)NCc3ccccc3C(F)(F)F)c2c(=O)[nH]1. The van der Waals surface area contributed by atoms with E-state index in [0.717, 1.165) is 10.6 Å². The first-order valence-electron chi connectivity index (χ1n) is 9.34. The van der Waals surface area contributed by atoms with E-state index in [1.54, 1.807) is 24.3 Å². The van der Waals surface area contributed by atoms with Gasteiger partial charge in [0.2, 0.25) is 0 Å². The molecule has 2 heterocycles. The largest absolute Gasteiger partial charge is 0.496 e. The summed E-state index contributed by atoms with van der Waals surface area (Å²) in [6.07, 6.45) is -3.09. The van der Waals surface area contributed by atoms with Gasteiger partial charge in [0, 0.05) is 12.1 Å². The molecule has 0 aliphatic carbocycles. The molecule has 0 aliphatic rings. The second-order valence-electron chi connectivity index (χ2n) is 6.77. The molecular weight excluding hydrogens is 427 g/mol. The number of rotatable bonds is 5. The first-order chi connectivity index (χ1) is 15.3. The molecule has 0 unspecified atom stereocenters. The van der Waals surface area contributed by atoms with Crippen LogP contribution < -0.4 is 15.6 Å². The Labute approximate surface area is 178 Å². The third-order valence-electron chi connectivity index (χ3n) is 4.78. The first kappa shape index (κ1) is 21.1. The molecule has 0 aliphatic heterocycles. The highest BCUT2D eigenvalue weighted by atomic mass is 19.4. The number of hydrogen-bond acceptors (Lipinski definition) is 5. The van der Waals surface area contributed by atoms with Gasteiger partial charge in [-0.3, -0.25) is 9.59 Å². The minimum absolute atomic E-state index is 0.114. The number of nitrogens with zero attached hydrogens (tertiary/aromatic N) is 3. The fourth-order valence-corrected chi connectivity index (χ4v) is 3.30. The van der Waals surface area contributed by atoms with Crippen molar-refractivity contribution >= 4 is 11.4 Å². The minimum Gasteiger partial charge on any atom is -0.496 e. The number of fused-ring (bicyclic) bond motifs is 1. The summed E-state index contributed by atoms with van der Waals surface area (Å²) in [5, 5.41) is 9.93. The molecule has 2 N–H and O–H groups in total. The average Bonchev–Trinajstić information content (AvgIpc) is 3.22. The number of aromatic amines is 1. The van der Waals surface area contributed by atoms with Crippen LogP contribution in [0.25, 0.3) is 16.8 Å². The van der Waals surface area contributed by atoms with Gasteiger partial charge in [0.15, 0.2) is 11.2 Å². The Kier molecular flexibility index (Phi) is 5.39. The van der Waals surface area contributed by atoms with Crippen LogP contribution in [0.15, 0.2) is 59.5 Å². The van der Waals surface area contributed by atoms with E-state index in [0.29, 0.717) is 17.0 Å². The smallest absolute Gasteiger partial charge is 0.416 e. The Morgan fingerprint density at radius 2 is 1.88 bits per heavy atom. The fourth-order valence-electron chi connectivity index (χ4n) is 3.30. The lowest BCUT2D eigenvalue weighted by molar-refractivity contribution is -0.138. The van der Waals surface area contributed by atoms with E-state index in [1.807, 2.05) is 0 Å². The second-order valence-corrected chi connectivity index (χ2v) is 6.77. The lowest BCUT2D eigenvalue weighted by Gasteiger charge is -2.12. The molecule has 0 bridgehead atoms. The number of ether oxygens (including phenoxy) is 1. The zero-order chi connectivity index (χ0) is 22.9. The first-order valence-corrected chi connectivity index (χ1v) is 9.34. The Bertz CT molecular complexity index is 1360. The molecule has 4 rings (SSSR count). The molecule has 4 aromatic rings. The number of nitrogens with one attached hydrogen (secondary N) is 2. The van der Waals surface area contributed by atoms with Gasteiger partial charge >= 0.3 is 6.18 Å². The van der Waals surface area contributed by atoms with Gasteiger partial charge in [-0.25, -0.2) is 4.52 Å². The molecule has 1 amide bonds. The van der Waals surface area contributed by atoms with Crippen molar-refractivity contribution in [2.24, 2.45) is 0 Å². The van der Waals surface area contributed by atoms with Crippen LogP contribution >= 0.6 is 0 Å². The number of para-hydroxylation sites is 1. The third kappa shape index (κ3) is 3.92. The van der Waals surface area contributed by atoms with Crippen LogP contribution in [0.2, 0.25) is 0 Å². The van der Waals surface area contributed by atoms with Gasteiger partial charge in [0.25, 0.3) is 11.5 Å². The molecule has 0 fully saturated rings. The van der Waals surface area contributed by atoms with Gasteiger partial charge in [0.1, 0.15) is 5.75 Å². The number of aromatic nitrogens is 4. The van der Waals surface area contributed by atoms with E-state index in [9.17, 15) is 22.8 Å². The second kappa shape index (κ2) is 8.17. The van der Waals surface area contributed by atoms with Crippen LogP contribution in [0.4, 0.5) is 13.2 Å². The van der Waals surface area contributed by atoms with E-state index in [1.165, 1.54) is 31.5 Å². The number of methoxy groups -OCH3 is 1. The molecule has 2 aromatic heterocycles. The standard InChI is InChI=1S/C21H16F3N5O3/c1-32-16-9-5-3-7-13(16)15-11-29-18(20(31)26-15)17(27-28-29)19(30)25-10-12-6-2-4-8-14(12)21(22,23)24/h2-9,11H,10H2,1H3,(H,25,30)(H,26,31). The Balaban J connectivity index is 1.64. The molecule has 11 heteroatoms. The highest BCUT2D eigenvalue weighted by Crippen LogP contribution is 2.32. The number of carbonyl (C=O) groups is 1. The summed E-state index contributed by atoms with van der Waals surface area (Å²) >= 11 is 0. The summed E-state index contributed by atoms with van der Waals surface area (Å²) in [6, 6.07) is 11.9. The van der Waals surface area contributed by atoms with Gasteiger partial charge in [-0.05, 0) is 23.8 Å². The summed E-state index contributed by atoms with van der Waals surface area (Å²) in [7, 11) is 1.49. The predicted octanol–water partition coefficient (Wildman–Crippen LogP) is 3.04. The molecule has 164 valence electrons. The van der Waals surface area contributed by atoms with Crippen molar-refractivity contribution in [1.29, 1.82) is 0 Å². The molecule has 0 saturated carbocycles. The monoisotopic (exact) mass is 443 g/mol. The van der Waals surface area contributed by atoms with E-state index < -0.39 is 29.8 Å². The van der Waals surface area contributed by atoms with Crippen molar-refractivity contribution in [3.05, 3.63) is 81.9 Å². The van der Waals surface area contributed by atoms with Crippen molar-refractivity contribution in [2.45, 2.75) is 12.7 Å². The van der Waals surface area contributed by atoms with Gasteiger partial charge in [0.05, 0.1) is 24.6 Å². The van der Waals surface area contributed by atoms with Crippen LogP contribution in [0.1, 0.15) is 21.6 Å². The van der Waals surface area contributed by atoms with Crippen molar-refractivity contribution in [1.82, 2.24) is 25.1 Å². The number of benzene rings is 2. The third-order valence-corrected chi connectivity index (χ3v) is 4.78. The maximum absolute atomic E-state index is 13.1.